The van der Waals surface area contributed by atoms with E-state index in [2.05, 4.69) is 9.97 Å². The third-order valence-electron chi connectivity index (χ3n) is 2.80. The van der Waals surface area contributed by atoms with Gasteiger partial charge in [-0.2, -0.15) is 0 Å². The number of esters is 1. The monoisotopic (exact) mass is 325 g/mol. The first-order valence-electron chi connectivity index (χ1n) is 5.94. The van der Waals surface area contributed by atoms with Gasteiger partial charge in [-0.25, -0.2) is 14.8 Å². The molecule has 0 atom stereocenters. The maximum Gasteiger partial charge on any atom is 0.376 e. The SMILES string of the molecule is Cc1ncoc1C(=O)OCc1cn2cc(Cl)cc(Cl)c2n1. The highest BCUT2D eigenvalue weighted by Gasteiger charge is 2.16. The van der Waals surface area contributed by atoms with Crippen LogP contribution in [0.2, 0.25) is 10.0 Å². The van der Waals surface area contributed by atoms with E-state index in [4.69, 9.17) is 32.4 Å². The van der Waals surface area contributed by atoms with E-state index < -0.39 is 5.97 Å². The number of halogens is 2. The van der Waals surface area contributed by atoms with Gasteiger partial charge in [-0.05, 0) is 13.0 Å². The number of aryl methyl sites for hydroxylation is 1. The van der Waals surface area contributed by atoms with Gasteiger partial charge in [0.1, 0.15) is 6.61 Å². The highest BCUT2D eigenvalue weighted by molar-refractivity contribution is 6.36. The second kappa shape index (κ2) is 5.38. The summed E-state index contributed by atoms with van der Waals surface area (Å²) in [5.74, 6) is -0.508. The van der Waals surface area contributed by atoms with Crippen LogP contribution in [0.3, 0.4) is 0 Å². The van der Waals surface area contributed by atoms with Gasteiger partial charge >= 0.3 is 5.97 Å². The molecule has 0 spiro atoms. The van der Waals surface area contributed by atoms with Gasteiger partial charge in [0.15, 0.2) is 12.0 Å². The van der Waals surface area contributed by atoms with Gasteiger partial charge in [0.25, 0.3) is 0 Å². The van der Waals surface area contributed by atoms with Gasteiger partial charge in [0.05, 0.1) is 21.4 Å². The number of carbonyl (C=O) groups is 1. The van der Waals surface area contributed by atoms with Crippen LogP contribution in [-0.4, -0.2) is 20.3 Å². The zero-order chi connectivity index (χ0) is 15.0. The van der Waals surface area contributed by atoms with Crippen molar-refractivity contribution < 1.29 is 13.9 Å². The van der Waals surface area contributed by atoms with Crippen molar-refractivity contribution in [1.29, 1.82) is 0 Å². The highest BCUT2D eigenvalue weighted by atomic mass is 35.5. The Kier molecular flexibility index (Phi) is 3.57. The second-order valence-corrected chi connectivity index (χ2v) is 5.16. The van der Waals surface area contributed by atoms with Crippen LogP contribution in [0.15, 0.2) is 29.3 Å². The van der Waals surface area contributed by atoms with Crippen LogP contribution in [0, 0.1) is 6.92 Å². The molecule has 0 fully saturated rings. The zero-order valence-electron chi connectivity index (χ0n) is 10.8. The van der Waals surface area contributed by atoms with Crippen molar-refractivity contribution in [1.82, 2.24) is 14.4 Å². The molecular formula is C13H9Cl2N3O3. The highest BCUT2D eigenvalue weighted by Crippen LogP contribution is 2.22. The standard InChI is InChI=1S/C13H9Cl2N3O3/c1-7-11(21-6-16-7)13(19)20-5-9-4-18-3-8(14)2-10(15)12(18)17-9/h2-4,6H,5H2,1H3. The van der Waals surface area contributed by atoms with Crippen LogP contribution in [0.5, 0.6) is 0 Å². The molecule has 6 nitrogen and oxygen atoms in total. The normalized spacial score (nSPS) is 11.0. The number of pyridine rings is 1. The van der Waals surface area contributed by atoms with Gasteiger partial charge < -0.3 is 13.6 Å². The summed E-state index contributed by atoms with van der Waals surface area (Å²) in [7, 11) is 0. The van der Waals surface area contributed by atoms with E-state index in [9.17, 15) is 4.79 Å². The number of imidazole rings is 1. The van der Waals surface area contributed by atoms with E-state index in [0.717, 1.165) is 0 Å². The number of rotatable bonds is 3. The van der Waals surface area contributed by atoms with Crippen molar-refractivity contribution >= 4 is 34.8 Å². The molecule has 0 radical (unpaired) electrons. The van der Waals surface area contributed by atoms with Crippen LogP contribution in [0.1, 0.15) is 21.9 Å². The molecule has 108 valence electrons. The minimum Gasteiger partial charge on any atom is -0.453 e. The van der Waals surface area contributed by atoms with Gasteiger partial charge in [-0.3, -0.25) is 0 Å². The molecule has 0 unspecified atom stereocenters. The molecule has 0 aliphatic carbocycles. The fraction of sp³-hybridized carbons (Fsp3) is 0.154. The van der Waals surface area contributed by atoms with E-state index in [0.29, 0.717) is 27.1 Å². The Morgan fingerprint density at radius 2 is 2.24 bits per heavy atom. The quantitative estimate of drug-likeness (QED) is 0.691. The number of carbonyl (C=O) groups excluding carboxylic acids is 1. The molecule has 3 heterocycles. The largest absolute Gasteiger partial charge is 0.453 e. The summed E-state index contributed by atoms with van der Waals surface area (Å²) in [5.41, 5.74) is 1.57. The molecule has 0 bridgehead atoms. The number of aromatic nitrogens is 3. The summed E-state index contributed by atoms with van der Waals surface area (Å²) < 4.78 is 11.8. The van der Waals surface area contributed by atoms with Crippen LogP contribution in [0.4, 0.5) is 0 Å². The van der Waals surface area contributed by atoms with E-state index in [1.165, 1.54) is 6.39 Å². The van der Waals surface area contributed by atoms with Gasteiger partial charge in [-0.15, -0.1) is 0 Å². The van der Waals surface area contributed by atoms with E-state index in [-0.39, 0.29) is 12.4 Å². The molecule has 0 aliphatic rings. The predicted molar refractivity (Wildman–Crippen MR) is 75.6 cm³/mol. The van der Waals surface area contributed by atoms with Gasteiger partial charge in [0, 0.05) is 12.4 Å². The lowest BCUT2D eigenvalue weighted by Crippen LogP contribution is -2.05. The lowest BCUT2D eigenvalue weighted by Gasteiger charge is -1.99. The average molecular weight is 326 g/mol. The van der Waals surface area contributed by atoms with Crippen molar-refractivity contribution in [2.75, 3.05) is 0 Å². The second-order valence-electron chi connectivity index (χ2n) is 4.31. The van der Waals surface area contributed by atoms with Crippen LogP contribution >= 0.6 is 23.2 Å². The minimum atomic E-state index is -0.591. The number of nitrogens with zero attached hydrogens (tertiary/aromatic N) is 3. The minimum absolute atomic E-state index is 0.00536. The lowest BCUT2D eigenvalue weighted by molar-refractivity contribution is 0.0430. The molecule has 21 heavy (non-hydrogen) atoms. The average Bonchev–Trinajstić information content (AvgIpc) is 3.02. The Labute approximate surface area is 129 Å². The molecule has 0 saturated carbocycles. The molecule has 0 aromatic carbocycles. The molecule has 8 heteroatoms. The van der Waals surface area contributed by atoms with E-state index in [1.807, 2.05) is 0 Å². The number of ether oxygens (including phenoxy) is 1. The van der Waals surface area contributed by atoms with Crippen molar-refractivity contribution in [2.24, 2.45) is 0 Å². The van der Waals surface area contributed by atoms with Crippen LogP contribution in [-0.2, 0) is 11.3 Å². The Hall–Kier alpha value is -2.05. The molecule has 0 aliphatic heterocycles. The van der Waals surface area contributed by atoms with E-state index >= 15 is 0 Å². The van der Waals surface area contributed by atoms with Gasteiger partial charge in [0.2, 0.25) is 5.76 Å². The summed E-state index contributed by atoms with van der Waals surface area (Å²) in [4.78, 5) is 19.9. The molecule has 0 amide bonds. The van der Waals surface area contributed by atoms with Crippen molar-refractivity contribution in [3.05, 3.63) is 52.0 Å². The van der Waals surface area contributed by atoms with Crippen LogP contribution in [0.25, 0.3) is 5.65 Å². The Bertz CT molecular complexity index is 825. The Balaban J connectivity index is 1.78. The molecule has 3 aromatic rings. The third-order valence-corrected chi connectivity index (χ3v) is 3.29. The molecule has 0 N–H and O–H groups in total. The number of hydrogen-bond donors (Lipinski definition) is 0. The first-order chi connectivity index (χ1) is 10.0. The van der Waals surface area contributed by atoms with E-state index in [1.54, 1.807) is 29.8 Å². The molecule has 3 aromatic heterocycles. The van der Waals surface area contributed by atoms with Crippen LogP contribution < -0.4 is 0 Å². The smallest absolute Gasteiger partial charge is 0.376 e. The number of oxazole rings is 1. The number of fused-ring (bicyclic) bond motifs is 1. The fourth-order valence-corrected chi connectivity index (χ4v) is 2.38. The summed E-state index contributed by atoms with van der Waals surface area (Å²) in [6.07, 6.45) is 4.55. The van der Waals surface area contributed by atoms with Gasteiger partial charge in [-0.1, -0.05) is 23.2 Å². The fourth-order valence-electron chi connectivity index (χ4n) is 1.85. The molecule has 3 rings (SSSR count). The summed E-state index contributed by atoms with van der Waals surface area (Å²) >= 11 is 11.9. The maximum absolute atomic E-state index is 11.8. The third kappa shape index (κ3) is 2.72. The zero-order valence-corrected chi connectivity index (χ0v) is 12.4. The van der Waals surface area contributed by atoms with Crippen molar-refractivity contribution in [3.63, 3.8) is 0 Å². The first-order valence-corrected chi connectivity index (χ1v) is 6.70. The number of hydrogen-bond acceptors (Lipinski definition) is 5. The maximum atomic E-state index is 11.8. The first kappa shape index (κ1) is 13.9. The molecule has 0 saturated heterocycles. The Morgan fingerprint density at radius 1 is 1.43 bits per heavy atom. The van der Waals surface area contributed by atoms with Crippen molar-refractivity contribution in [3.8, 4) is 0 Å². The van der Waals surface area contributed by atoms with Crippen molar-refractivity contribution in [2.45, 2.75) is 13.5 Å². The summed E-state index contributed by atoms with van der Waals surface area (Å²) in [6, 6.07) is 1.60. The predicted octanol–water partition coefficient (Wildman–Crippen LogP) is 3.29. The summed E-state index contributed by atoms with van der Waals surface area (Å²) in [5, 5.41) is 0.914. The summed E-state index contributed by atoms with van der Waals surface area (Å²) in [6.45, 7) is 1.65. The Morgan fingerprint density at radius 3 is 2.95 bits per heavy atom. The topological polar surface area (TPSA) is 69.6 Å². The lowest BCUT2D eigenvalue weighted by atomic mass is 10.4. The molecular weight excluding hydrogens is 317 g/mol.